The van der Waals surface area contributed by atoms with Crippen LogP contribution in [-0.2, 0) is 6.42 Å². The number of furan rings is 1. The second kappa shape index (κ2) is 6.49. The second-order valence-corrected chi connectivity index (χ2v) is 5.88. The van der Waals surface area contributed by atoms with Crippen molar-refractivity contribution < 1.29 is 4.42 Å². The molecule has 24 heavy (non-hydrogen) atoms. The van der Waals surface area contributed by atoms with E-state index in [4.69, 9.17) is 16.0 Å². The van der Waals surface area contributed by atoms with Crippen LogP contribution in [0.1, 0.15) is 30.7 Å². The van der Waals surface area contributed by atoms with Gasteiger partial charge in [0.25, 0.3) is 5.56 Å². The normalized spacial score (nSPS) is 11.9. The highest BCUT2D eigenvalue weighted by molar-refractivity contribution is 6.32. The molecule has 2 N–H and O–H groups in total. The SMILES string of the molecule is CCc1c(/C(C)=N\Nc2cn[nH]c(=O)c2Cl)oc2ccc(C)cc12. The molecule has 3 rings (SSSR count). The second-order valence-electron chi connectivity index (χ2n) is 5.50. The van der Waals surface area contributed by atoms with Crippen molar-refractivity contribution >= 4 is 34.0 Å². The molecule has 0 aliphatic heterocycles. The molecule has 0 atom stereocenters. The minimum absolute atomic E-state index is 0.0116. The van der Waals surface area contributed by atoms with E-state index in [-0.39, 0.29) is 5.02 Å². The quantitative estimate of drug-likeness (QED) is 0.555. The fraction of sp³-hybridized carbons (Fsp3) is 0.235. The molecule has 0 saturated carbocycles. The molecular weight excluding hydrogens is 328 g/mol. The summed E-state index contributed by atoms with van der Waals surface area (Å²) < 4.78 is 5.96. The molecule has 0 saturated heterocycles. The van der Waals surface area contributed by atoms with Crippen LogP contribution in [0.5, 0.6) is 0 Å². The molecule has 1 aromatic carbocycles. The molecule has 2 aromatic heterocycles. The summed E-state index contributed by atoms with van der Waals surface area (Å²) in [6.07, 6.45) is 2.23. The number of rotatable bonds is 4. The Morgan fingerprint density at radius 2 is 2.25 bits per heavy atom. The molecule has 6 nitrogen and oxygen atoms in total. The minimum atomic E-state index is -0.469. The van der Waals surface area contributed by atoms with Crippen LogP contribution in [0, 0.1) is 6.92 Å². The average molecular weight is 345 g/mol. The van der Waals surface area contributed by atoms with Crippen LogP contribution in [0.4, 0.5) is 5.69 Å². The first-order valence-electron chi connectivity index (χ1n) is 7.57. The van der Waals surface area contributed by atoms with Crippen molar-refractivity contribution in [3.63, 3.8) is 0 Å². The molecule has 0 bridgehead atoms. The van der Waals surface area contributed by atoms with E-state index in [0.29, 0.717) is 11.4 Å². The van der Waals surface area contributed by atoms with E-state index in [2.05, 4.69) is 40.6 Å². The van der Waals surface area contributed by atoms with Crippen molar-refractivity contribution in [3.8, 4) is 0 Å². The zero-order valence-corrected chi connectivity index (χ0v) is 14.4. The lowest BCUT2D eigenvalue weighted by molar-refractivity contribution is 0.599. The highest BCUT2D eigenvalue weighted by atomic mass is 35.5. The fourth-order valence-electron chi connectivity index (χ4n) is 2.56. The van der Waals surface area contributed by atoms with Gasteiger partial charge in [0, 0.05) is 10.9 Å². The lowest BCUT2D eigenvalue weighted by atomic mass is 10.0. The van der Waals surface area contributed by atoms with Gasteiger partial charge in [-0.15, -0.1) is 0 Å². The van der Waals surface area contributed by atoms with Gasteiger partial charge in [-0.2, -0.15) is 10.2 Å². The van der Waals surface area contributed by atoms with Gasteiger partial charge in [-0.3, -0.25) is 10.2 Å². The number of hydrogen-bond donors (Lipinski definition) is 2. The predicted octanol–water partition coefficient (Wildman–Crippen LogP) is 3.88. The molecular formula is C17H17ClN4O2. The van der Waals surface area contributed by atoms with Crippen LogP contribution in [-0.4, -0.2) is 15.9 Å². The zero-order valence-electron chi connectivity index (χ0n) is 13.6. The van der Waals surface area contributed by atoms with Gasteiger partial charge in [-0.1, -0.05) is 30.2 Å². The summed E-state index contributed by atoms with van der Waals surface area (Å²) in [5, 5.41) is 11.3. The summed E-state index contributed by atoms with van der Waals surface area (Å²) in [7, 11) is 0. The number of benzene rings is 1. The standard InChI is InChI=1S/C17H17ClN4O2/c1-4-11-12-7-9(2)5-6-14(12)24-16(11)10(3)20-21-13-8-19-22-17(23)15(13)18/h5-8H,4H2,1-3H3,(H2,21,22,23)/b20-10-. The predicted molar refractivity (Wildman–Crippen MR) is 96.0 cm³/mol. The Kier molecular flexibility index (Phi) is 4.40. The zero-order chi connectivity index (χ0) is 17.3. The van der Waals surface area contributed by atoms with Crippen LogP contribution < -0.4 is 11.0 Å². The van der Waals surface area contributed by atoms with Gasteiger partial charge >= 0.3 is 0 Å². The number of anilines is 1. The van der Waals surface area contributed by atoms with Gasteiger partial charge in [0.15, 0.2) is 5.76 Å². The maximum atomic E-state index is 11.4. The van der Waals surface area contributed by atoms with E-state index in [9.17, 15) is 4.79 Å². The number of H-pyrrole nitrogens is 1. The Balaban J connectivity index is 2.00. The number of hydrazone groups is 1. The number of nitrogens with one attached hydrogen (secondary N) is 2. The molecule has 0 amide bonds. The topological polar surface area (TPSA) is 83.3 Å². The largest absolute Gasteiger partial charge is 0.454 e. The number of halogens is 1. The lowest BCUT2D eigenvalue weighted by Crippen LogP contribution is -2.10. The maximum absolute atomic E-state index is 11.4. The summed E-state index contributed by atoms with van der Waals surface area (Å²) >= 11 is 5.92. The van der Waals surface area contributed by atoms with Crippen LogP contribution in [0.3, 0.4) is 0 Å². The summed E-state index contributed by atoms with van der Waals surface area (Å²) in [5.74, 6) is 0.722. The Labute approximate surface area is 143 Å². The highest BCUT2D eigenvalue weighted by Gasteiger charge is 2.15. The Morgan fingerprint density at radius 1 is 1.46 bits per heavy atom. The number of nitrogens with zero attached hydrogens (tertiary/aromatic N) is 2. The molecule has 3 aromatic rings. The molecule has 7 heteroatoms. The molecule has 0 radical (unpaired) electrons. The molecule has 124 valence electrons. The monoisotopic (exact) mass is 344 g/mol. The van der Waals surface area contributed by atoms with Gasteiger partial charge in [-0.05, 0) is 32.4 Å². The Bertz CT molecular complexity index is 988. The number of fused-ring (bicyclic) bond motifs is 1. The summed E-state index contributed by atoms with van der Waals surface area (Å²) in [5.41, 5.74) is 6.42. The number of aromatic nitrogens is 2. The van der Waals surface area contributed by atoms with E-state index >= 15 is 0 Å². The fourth-order valence-corrected chi connectivity index (χ4v) is 2.70. The van der Waals surface area contributed by atoms with E-state index in [1.807, 2.05) is 19.1 Å². The van der Waals surface area contributed by atoms with E-state index in [0.717, 1.165) is 28.7 Å². The minimum Gasteiger partial charge on any atom is -0.454 e. The van der Waals surface area contributed by atoms with Gasteiger partial charge < -0.3 is 4.42 Å². The van der Waals surface area contributed by atoms with Crippen molar-refractivity contribution in [1.82, 2.24) is 10.2 Å². The first-order chi connectivity index (χ1) is 11.5. The van der Waals surface area contributed by atoms with Crippen LogP contribution in [0.15, 0.2) is 38.7 Å². The molecule has 0 unspecified atom stereocenters. The Hall–Kier alpha value is -2.60. The van der Waals surface area contributed by atoms with Crippen molar-refractivity contribution in [1.29, 1.82) is 0 Å². The number of aromatic amines is 1. The Morgan fingerprint density at radius 3 is 3.00 bits per heavy atom. The number of hydrogen-bond acceptors (Lipinski definition) is 5. The van der Waals surface area contributed by atoms with Crippen molar-refractivity contribution in [2.24, 2.45) is 5.10 Å². The van der Waals surface area contributed by atoms with Gasteiger partial charge in [0.05, 0.1) is 6.20 Å². The van der Waals surface area contributed by atoms with Crippen molar-refractivity contribution in [3.05, 3.63) is 56.7 Å². The lowest BCUT2D eigenvalue weighted by Gasteiger charge is -2.04. The van der Waals surface area contributed by atoms with E-state index < -0.39 is 5.56 Å². The van der Waals surface area contributed by atoms with Crippen LogP contribution in [0.25, 0.3) is 11.0 Å². The summed E-state index contributed by atoms with van der Waals surface area (Å²) in [6, 6.07) is 6.09. The molecule has 0 fully saturated rings. The molecule has 2 heterocycles. The first kappa shape index (κ1) is 16.3. The highest BCUT2D eigenvalue weighted by Crippen LogP contribution is 2.28. The van der Waals surface area contributed by atoms with E-state index in [1.54, 1.807) is 0 Å². The van der Waals surface area contributed by atoms with Gasteiger partial charge in [-0.25, -0.2) is 5.10 Å². The third-order valence-electron chi connectivity index (χ3n) is 3.77. The van der Waals surface area contributed by atoms with Crippen LogP contribution >= 0.6 is 11.6 Å². The third kappa shape index (κ3) is 2.92. The van der Waals surface area contributed by atoms with Crippen LogP contribution in [0.2, 0.25) is 5.02 Å². The first-order valence-corrected chi connectivity index (χ1v) is 7.95. The summed E-state index contributed by atoms with van der Waals surface area (Å²) in [4.78, 5) is 11.4. The molecule has 0 aliphatic rings. The summed E-state index contributed by atoms with van der Waals surface area (Å²) in [6.45, 7) is 5.97. The molecule has 0 aliphatic carbocycles. The third-order valence-corrected chi connectivity index (χ3v) is 4.14. The van der Waals surface area contributed by atoms with E-state index in [1.165, 1.54) is 11.8 Å². The van der Waals surface area contributed by atoms with Crippen molar-refractivity contribution in [2.45, 2.75) is 27.2 Å². The smallest absolute Gasteiger partial charge is 0.285 e. The molecule has 0 spiro atoms. The van der Waals surface area contributed by atoms with Gasteiger partial charge in [0.1, 0.15) is 22.0 Å². The number of aryl methyl sites for hydroxylation is 2. The van der Waals surface area contributed by atoms with Crippen molar-refractivity contribution in [2.75, 3.05) is 5.43 Å². The average Bonchev–Trinajstić information content (AvgIpc) is 2.93. The maximum Gasteiger partial charge on any atom is 0.285 e. The van der Waals surface area contributed by atoms with Gasteiger partial charge in [0.2, 0.25) is 0 Å².